The summed E-state index contributed by atoms with van der Waals surface area (Å²) in [5, 5.41) is 12.1. The highest BCUT2D eigenvalue weighted by Crippen LogP contribution is 2.29. The van der Waals surface area contributed by atoms with E-state index in [-0.39, 0.29) is 11.8 Å². The van der Waals surface area contributed by atoms with Gasteiger partial charge in [0.2, 0.25) is 0 Å². The van der Waals surface area contributed by atoms with Crippen LogP contribution in [0.3, 0.4) is 0 Å². The van der Waals surface area contributed by atoms with Gasteiger partial charge in [0.15, 0.2) is 6.10 Å². The summed E-state index contributed by atoms with van der Waals surface area (Å²) in [5.74, 6) is -0.913. The summed E-state index contributed by atoms with van der Waals surface area (Å²) in [6.45, 7) is 0.417. The first kappa shape index (κ1) is 18.0. The molecule has 7 heteroatoms. The number of hydrogen-bond acceptors (Lipinski definition) is 4. The Morgan fingerprint density at radius 1 is 1.11 bits per heavy atom. The van der Waals surface area contributed by atoms with E-state index in [0.717, 1.165) is 5.56 Å². The van der Waals surface area contributed by atoms with Gasteiger partial charge in [-0.25, -0.2) is 4.79 Å². The first-order chi connectivity index (χ1) is 13.5. The van der Waals surface area contributed by atoms with Crippen molar-refractivity contribution in [2.45, 2.75) is 31.4 Å². The zero-order chi connectivity index (χ0) is 19.7. The number of carboxylic acid groups (broad SMARTS) is 1. The zero-order valence-electron chi connectivity index (χ0n) is 15.1. The molecule has 2 N–H and O–H groups in total. The molecule has 2 aromatic rings. The van der Waals surface area contributed by atoms with Crippen LogP contribution in [-0.2, 0) is 16.0 Å². The summed E-state index contributed by atoms with van der Waals surface area (Å²) >= 11 is 0. The van der Waals surface area contributed by atoms with Gasteiger partial charge in [0.1, 0.15) is 11.8 Å². The fourth-order valence-electron chi connectivity index (χ4n) is 3.71. The number of amides is 2. The average Bonchev–Trinajstić information content (AvgIpc) is 3.34. The Bertz CT molecular complexity index is 917. The summed E-state index contributed by atoms with van der Waals surface area (Å²) in [7, 11) is 0. The van der Waals surface area contributed by atoms with E-state index >= 15 is 0 Å². The Kier molecular flexibility index (Phi) is 4.73. The van der Waals surface area contributed by atoms with Crippen LogP contribution in [0.2, 0.25) is 0 Å². The minimum atomic E-state index is -0.992. The first-order valence-corrected chi connectivity index (χ1v) is 9.22. The van der Waals surface area contributed by atoms with Crippen molar-refractivity contribution in [3.8, 4) is 5.75 Å². The van der Waals surface area contributed by atoms with Gasteiger partial charge < -0.3 is 20.1 Å². The third-order valence-corrected chi connectivity index (χ3v) is 5.12. The number of benzene rings is 2. The fourth-order valence-corrected chi connectivity index (χ4v) is 3.71. The molecular weight excluding hydrogens is 360 g/mol. The van der Waals surface area contributed by atoms with Gasteiger partial charge in [-0.1, -0.05) is 24.3 Å². The number of ether oxygens (including phenoxy) is 1. The molecule has 1 fully saturated rings. The van der Waals surface area contributed by atoms with E-state index in [1.807, 2.05) is 24.3 Å². The van der Waals surface area contributed by atoms with E-state index in [9.17, 15) is 19.5 Å². The van der Waals surface area contributed by atoms with Crippen molar-refractivity contribution < 1.29 is 24.2 Å². The number of fused-ring (bicyclic) bond motifs is 1. The van der Waals surface area contributed by atoms with E-state index in [0.29, 0.717) is 42.8 Å². The highest BCUT2D eigenvalue weighted by atomic mass is 16.5. The number of nitrogens with zero attached hydrogens (tertiary/aromatic N) is 1. The molecule has 4 rings (SSSR count). The smallest absolute Gasteiger partial charge is 0.326 e. The number of hydrogen-bond donors (Lipinski definition) is 2. The summed E-state index contributed by atoms with van der Waals surface area (Å²) in [5.41, 5.74) is 1.81. The van der Waals surface area contributed by atoms with Crippen LogP contribution in [0.25, 0.3) is 0 Å². The van der Waals surface area contributed by atoms with Crippen LogP contribution in [0.1, 0.15) is 28.8 Å². The van der Waals surface area contributed by atoms with E-state index in [4.69, 9.17) is 4.74 Å². The number of rotatable bonds is 4. The van der Waals surface area contributed by atoms with Crippen LogP contribution in [0.15, 0.2) is 48.5 Å². The molecule has 0 saturated carbocycles. The molecule has 2 aliphatic heterocycles. The average molecular weight is 380 g/mol. The lowest BCUT2D eigenvalue weighted by Crippen LogP contribution is -2.40. The second-order valence-corrected chi connectivity index (χ2v) is 6.98. The number of likely N-dealkylation sites (tertiary alicyclic amines) is 1. The van der Waals surface area contributed by atoms with Crippen LogP contribution in [0, 0.1) is 0 Å². The number of anilines is 1. The van der Waals surface area contributed by atoms with Crippen molar-refractivity contribution in [1.82, 2.24) is 4.90 Å². The number of nitrogens with one attached hydrogen (secondary N) is 1. The highest BCUT2D eigenvalue weighted by Gasteiger charge is 2.34. The molecular formula is C21H20N2O5. The van der Waals surface area contributed by atoms with Crippen molar-refractivity contribution in [3.63, 3.8) is 0 Å². The van der Waals surface area contributed by atoms with Crippen LogP contribution in [-0.4, -0.2) is 46.5 Å². The molecule has 1 saturated heterocycles. The summed E-state index contributed by atoms with van der Waals surface area (Å²) in [4.78, 5) is 38.0. The normalized spacial score (nSPS) is 20.4. The molecule has 0 aliphatic carbocycles. The summed E-state index contributed by atoms with van der Waals surface area (Å²) in [6, 6.07) is 13.3. The molecule has 2 aromatic carbocycles. The third-order valence-electron chi connectivity index (χ3n) is 5.12. The van der Waals surface area contributed by atoms with E-state index < -0.39 is 18.1 Å². The van der Waals surface area contributed by atoms with Crippen molar-refractivity contribution in [1.29, 1.82) is 0 Å². The zero-order valence-corrected chi connectivity index (χ0v) is 15.1. The lowest BCUT2D eigenvalue weighted by Gasteiger charge is -2.21. The number of para-hydroxylation sites is 1. The van der Waals surface area contributed by atoms with Crippen molar-refractivity contribution in [2.24, 2.45) is 0 Å². The van der Waals surface area contributed by atoms with Gasteiger partial charge in [0.25, 0.3) is 11.8 Å². The monoisotopic (exact) mass is 380 g/mol. The number of carboxylic acids is 1. The molecule has 2 aliphatic rings. The lowest BCUT2D eigenvalue weighted by atomic mass is 10.1. The molecule has 144 valence electrons. The maximum absolute atomic E-state index is 12.7. The van der Waals surface area contributed by atoms with Gasteiger partial charge >= 0.3 is 5.97 Å². The Morgan fingerprint density at radius 3 is 2.71 bits per heavy atom. The quantitative estimate of drug-likeness (QED) is 0.849. The van der Waals surface area contributed by atoms with Crippen molar-refractivity contribution in [2.75, 3.05) is 11.9 Å². The molecule has 28 heavy (non-hydrogen) atoms. The maximum atomic E-state index is 12.7. The van der Waals surface area contributed by atoms with Crippen LogP contribution < -0.4 is 10.1 Å². The Morgan fingerprint density at radius 2 is 1.93 bits per heavy atom. The molecule has 1 unspecified atom stereocenters. The molecule has 2 amide bonds. The van der Waals surface area contributed by atoms with E-state index in [2.05, 4.69) is 5.32 Å². The first-order valence-electron chi connectivity index (χ1n) is 9.22. The van der Waals surface area contributed by atoms with Gasteiger partial charge in [-0.2, -0.15) is 0 Å². The van der Waals surface area contributed by atoms with Crippen molar-refractivity contribution >= 4 is 23.5 Å². The third kappa shape index (κ3) is 3.43. The Hall–Kier alpha value is -3.35. The molecule has 7 nitrogen and oxygen atoms in total. The van der Waals surface area contributed by atoms with Gasteiger partial charge in [0.05, 0.1) is 0 Å². The minimum absolute atomic E-state index is 0.287. The van der Waals surface area contributed by atoms with Crippen LogP contribution in [0.5, 0.6) is 5.75 Å². The SMILES string of the molecule is O=C(Nc1cccc(C(=O)N2CCC[C@H]2C(=O)O)c1)C1Cc2ccccc2O1. The molecule has 0 bridgehead atoms. The van der Waals surface area contributed by atoms with E-state index in [1.165, 1.54) is 4.90 Å². The van der Waals surface area contributed by atoms with Gasteiger partial charge in [-0.05, 0) is 42.7 Å². The van der Waals surface area contributed by atoms with Gasteiger partial charge in [-0.3, -0.25) is 9.59 Å². The molecule has 2 atom stereocenters. The maximum Gasteiger partial charge on any atom is 0.326 e. The molecule has 0 radical (unpaired) electrons. The predicted molar refractivity (Wildman–Crippen MR) is 101 cm³/mol. The number of carbonyl (C=O) groups excluding carboxylic acids is 2. The Labute approximate surface area is 161 Å². The predicted octanol–water partition coefficient (Wildman–Crippen LogP) is 2.32. The lowest BCUT2D eigenvalue weighted by molar-refractivity contribution is -0.141. The largest absolute Gasteiger partial charge is 0.480 e. The van der Waals surface area contributed by atoms with E-state index in [1.54, 1.807) is 24.3 Å². The highest BCUT2D eigenvalue weighted by molar-refractivity contribution is 6.00. The van der Waals surface area contributed by atoms with Crippen molar-refractivity contribution in [3.05, 3.63) is 59.7 Å². The Balaban J connectivity index is 1.45. The van der Waals surface area contributed by atoms with Crippen LogP contribution in [0.4, 0.5) is 5.69 Å². The topological polar surface area (TPSA) is 95.9 Å². The molecule has 2 heterocycles. The molecule has 0 aromatic heterocycles. The van der Waals surface area contributed by atoms with Gasteiger partial charge in [0, 0.05) is 24.2 Å². The number of aliphatic carboxylic acids is 1. The van der Waals surface area contributed by atoms with Crippen LogP contribution >= 0.6 is 0 Å². The number of carbonyl (C=O) groups is 3. The fraction of sp³-hybridized carbons (Fsp3) is 0.286. The second-order valence-electron chi connectivity index (χ2n) is 6.98. The van der Waals surface area contributed by atoms with Gasteiger partial charge in [-0.15, -0.1) is 0 Å². The minimum Gasteiger partial charge on any atom is -0.480 e. The molecule has 0 spiro atoms. The second kappa shape index (κ2) is 7.34. The standard InChI is InChI=1S/C21H20N2O5/c24-19(18-12-13-5-1-2-9-17(13)28-18)22-15-7-3-6-14(11-15)20(25)23-10-4-8-16(23)21(26)27/h1-3,5-7,9,11,16,18H,4,8,10,12H2,(H,22,24)(H,26,27)/t16-,18?/m0/s1. The summed E-state index contributed by atoms with van der Waals surface area (Å²) < 4.78 is 5.69. The summed E-state index contributed by atoms with van der Waals surface area (Å²) in [6.07, 6.45) is 0.997.